The molecule has 0 radical (unpaired) electrons. The molecule has 2 N–H and O–H groups in total. The van der Waals surface area contributed by atoms with Crippen LogP contribution in [0.25, 0.3) is 0 Å². The van der Waals surface area contributed by atoms with Crippen LogP contribution in [-0.2, 0) is 4.79 Å². The largest absolute Gasteiger partial charge is 0.391 e. The van der Waals surface area contributed by atoms with Gasteiger partial charge in [-0.15, -0.1) is 12.4 Å². The highest BCUT2D eigenvalue weighted by Crippen LogP contribution is 2.37. The minimum atomic E-state index is -4.13. The molecule has 3 atom stereocenters. The summed E-state index contributed by atoms with van der Waals surface area (Å²) in [4.78, 5) is 11.8. The Balaban J connectivity index is 0.00000200. The van der Waals surface area contributed by atoms with Gasteiger partial charge >= 0.3 is 6.18 Å². The standard InChI is InChI=1S/C13H21F3N2O.ClH/c14-13(15,16)10-2-1-3-11(7-10)18-12(19)6-9-4-5-17-8-9;/h9-11,17H,1-8H2,(H,18,19);1H. The summed E-state index contributed by atoms with van der Waals surface area (Å²) in [6.45, 7) is 1.76. The molecule has 0 aromatic heterocycles. The second-order valence-corrected chi connectivity index (χ2v) is 5.73. The van der Waals surface area contributed by atoms with Crippen molar-refractivity contribution in [3.8, 4) is 0 Å². The van der Waals surface area contributed by atoms with Gasteiger partial charge in [0.05, 0.1) is 5.92 Å². The van der Waals surface area contributed by atoms with Crippen LogP contribution in [0.3, 0.4) is 0 Å². The molecule has 0 spiro atoms. The Morgan fingerprint density at radius 2 is 2.00 bits per heavy atom. The number of hydrogen-bond acceptors (Lipinski definition) is 2. The zero-order chi connectivity index (χ0) is 13.9. The first-order chi connectivity index (χ1) is 8.95. The highest BCUT2D eigenvalue weighted by atomic mass is 35.5. The predicted molar refractivity (Wildman–Crippen MR) is 72.8 cm³/mol. The Morgan fingerprint density at radius 3 is 2.60 bits per heavy atom. The molecule has 1 saturated heterocycles. The second-order valence-electron chi connectivity index (χ2n) is 5.73. The van der Waals surface area contributed by atoms with E-state index in [2.05, 4.69) is 10.6 Å². The van der Waals surface area contributed by atoms with Gasteiger partial charge in [-0.05, 0) is 44.7 Å². The smallest absolute Gasteiger partial charge is 0.353 e. The lowest BCUT2D eigenvalue weighted by molar-refractivity contribution is -0.184. The minimum Gasteiger partial charge on any atom is -0.353 e. The van der Waals surface area contributed by atoms with Crippen molar-refractivity contribution in [2.75, 3.05) is 13.1 Å². The normalized spacial score (nSPS) is 30.6. The van der Waals surface area contributed by atoms with Crippen LogP contribution in [0.5, 0.6) is 0 Å². The maximum atomic E-state index is 12.7. The molecule has 1 amide bonds. The van der Waals surface area contributed by atoms with E-state index in [-0.39, 0.29) is 37.2 Å². The van der Waals surface area contributed by atoms with Crippen molar-refractivity contribution in [2.24, 2.45) is 11.8 Å². The fraction of sp³-hybridized carbons (Fsp3) is 0.923. The van der Waals surface area contributed by atoms with Crippen molar-refractivity contribution >= 4 is 18.3 Å². The first kappa shape index (κ1) is 17.6. The average Bonchev–Trinajstić information content (AvgIpc) is 2.80. The summed E-state index contributed by atoms with van der Waals surface area (Å²) >= 11 is 0. The van der Waals surface area contributed by atoms with E-state index in [1.807, 2.05) is 0 Å². The van der Waals surface area contributed by atoms with Gasteiger partial charge in [0, 0.05) is 12.5 Å². The van der Waals surface area contributed by atoms with E-state index in [9.17, 15) is 18.0 Å². The molecular formula is C13H22ClF3N2O. The van der Waals surface area contributed by atoms with Crippen LogP contribution in [0, 0.1) is 11.8 Å². The third kappa shape index (κ3) is 5.13. The Labute approximate surface area is 123 Å². The molecule has 1 heterocycles. The molecule has 118 valence electrons. The van der Waals surface area contributed by atoms with Gasteiger partial charge in [0.25, 0.3) is 0 Å². The zero-order valence-corrected chi connectivity index (χ0v) is 12.2. The van der Waals surface area contributed by atoms with Crippen LogP contribution < -0.4 is 10.6 Å². The van der Waals surface area contributed by atoms with Crippen molar-refractivity contribution in [1.29, 1.82) is 0 Å². The van der Waals surface area contributed by atoms with Gasteiger partial charge in [-0.1, -0.05) is 6.42 Å². The van der Waals surface area contributed by atoms with E-state index >= 15 is 0 Å². The number of alkyl halides is 3. The summed E-state index contributed by atoms with van der Waals surface area (Å²) in [6.07, 6.45) is -1.27. The van der Waals surface area contributed by atoms with E-state index in [0.717, 1.165) is 19.5 Å². The van der Waals surface area contributed by atoms with Crippen molar-refractivity contribution in [3.05, 3.63) is 0 Å². The molecule has 1 saturated carbocycles. The molecule has 20 heavy (non-hydrogen) atoms. The van der Waals surface area contributed by atoms with E-state index in [0.29, 0.717) is 25.2 Å². The Bertz CT molecular complexity index is 319. The molecule has 1 aliphatic carbocycles. The average molecular weight is 315 g/mol. The molecule has 0 aromatic rings. The van der Waals surface area contributed by atoms with Crippen molar-refractivity contribution in [3.63, 3.8) is 0 Å². The van der Waals surface area contributed by atoms with Gasteiger partial charge in [0.2, 0.25) is 5.91 Å². The summed E-state index contributed by atoms with van der Waals surface area (Å²) in [5.74, 6) is -1.01. The molecule has 2 rings (SSSR count). The number of carbonyl (C=O) groups excluding carboxylic acids is 1. The SMILES string of the molecule is Cl.O=C(CC1CCNC1)NC1CCCC(C(F)(F)F)C1. The Hall–Kier alpha value is -0.490. The monoisotopic (exact) mass is 314 g/mol. The van der Waals surface area contributed by atoms with Gasteiger partial charge in [-0.3, -0.25) is 4.79 Å². The number of nitrogens with one attached hydrogen (secondary N) is 2. The number of hydrogen-bond donors (Lipinski definition) is 2. The lowest BCUT2D eigenvalue weighted by atomic mass is 9.85. The molecule has 0 bridgehead atoms. The maximum Gasteiger partial charge on any atom is 0.391 e. The third-order valence-electron chi connectivity index (χ3n) is 4.14. The molecule has 3 nitrogen and oxygen atoms in total. The lowest BCUT2D eigenvalue weighted by Crippen LogP contribution is -2.42. The molecular weight excluding hydrogens is 293 g/mol. The van der Waals surface area contributed by atoms with Crippen LogP contribution in [0.15, 0.2) is 0 Å². The Morgan fingerprint density at radius 1 is 1.25 bits per heavy atom. The van der Waals surface area contributed by atoms with E-state index in [1.54, 1.807) is 0 Å². The van der Waals surface area contributed by atoms with Gasteiger partial charge in [-0.2, -0.15) is 13.2 Å². The third-order valence-corrected chi connectivity index (χ3v) is 4.14. The highest BCUT2D eigenvalue weighted by molar-refractivity contribution is 5.85. The number of rotatable bonds is 3. The van der Waals surface area contributed by atoms with Gasteiger partial charge in [0.15, 0.2) is 0 Å². The summed E-state index contributed by atoms with van der Waals surface area (Å²) < 4.78 is 38.0. The van der Waals surface area contributed by atoms with Crippen LogP contribution in [0.2, 0.25) is 0 Å². The quantitative estimate of drug-likeness (QED) is 0.841. The van der Waals surface area contributed by atoms with Crippen LogP contribution in [0.1, 0.15) is 38.5 Å². The van der Waals surface area contributed by atoms with Crippen molar-refractivity contribution < 1.29 is 18.0 Å². The van der Waals surface area contributed by atoms with E-state index in [1.165, 1.54) is 0 Å². The summed E-state index contributed by atoms with van der Waals surface area (Å²) in [5, 5.41) is 5.96. The van der Waals surface area contributed by atoms with Crippen LogP contribution in [-0.4, -0.2) is 31.2 Å². The molecule has 2 aliphatic rings. The zero-order valence-electron chi connectivity index (χ0n) is 11.3. The van der Waals surface area contributed by atoms with Crippen LogP contribution in [0.4, 0.5) is 13.2 Å². The number of halogens is 4. The van der Waals surface area contributed by atoms with E-state index < -0.39 is 12.1 Å². The molecule has 0 aromatic carbocycles. The summed E-state index contributed by atoms with van der Waals surface area (Å²) in [5.41, 5.74) is 0. The molecule has 3 unspecified atom stereocenters. The predicted octanol–water partition coefficient (Wildman–Crippen LogP) is 2.65. The van der Waals surface area contributed by atoms with Crippen LogP contribution >= 0.6 is 12.4 Å². The summed E-state index contributed by atoms with van der Waals surface area (Å²) in [6, 6.07) is -0.303. The van der Waals surface area contributed by atoms with Gasteiger partial charge in [0.1, 0.15) is 0 Å². The van der Waals surface area contributed by atoms with Crippen molar-refractivity contribution in [2.45, 2.75) is 50.7 Å². The highest BCUT2D eigenvalue weighted by Gasteiger charge is 2.42. The first-order valence-electron chi connectivity index (χ1n) is 7.02. The maximum absolute atomic E-state index is 12.7. The van der Waals surface area contributed by atoms with Gasteiger partial charge in [-0.25, -0.2) is 0 Å². The molecule has 7 heteroatoms. The summed E-state index contributed by atoms with van der Waals surface area (Å²) in [7, 11) is 0. The van der Waals surface area contributed by atoms with Crippen molar-refractivity contribution in [1.82, 2.24) is 10.6 Å². The first-order valence-corrected chi connectivity index (χ1v) is 7.02. The lowest BCUT2D eigenvalue weighted by Gasteiger charge is -2.31. The fourth-order valence-corrected chi connectivity index (χ4v) is 3.06. The fourth-order valence-electron chi connectivity index (χ4n) is 3.06. The molecule has 1 aliphatic heterocycles. The molecule has 2 fully saturated rings. The number of carbonyl (C=O) groups is 1. The van der Waals surface area contributed by atoms with Gasteiger partial charge < -0.3 is 10.6 Å². The van der Waals surface area contributed by atoms with E-state index in [4.69, 9.17) is 0 Å². The second kappa shape index (κ2) is 7.50. The number of amides is 1. The minimum absolute atomic E-state index is 0. The Kier molecular flexibility index (Phi) is 6.58. The topological polar surface area (TPSA) is 41.1 Å².